The molecule has 0 aliphatic rings. The van der Waals surface area contributed by atoms with Crippen molar-refractivity contribution in [1.82, 2.24) is 14.8 Å². The van der Waals surface area contributed by atoms with Crippen molar-refractivity contribution in [3.05, 3.63) is 23.8 Å². The summed E-state index contributed by atoms with van der Waals surface area (Å²) in [6.07, 6.45) is 3.70. The van der Waals surface area contributed by atoms with Crippen LogP contribution in [0.2, 0.25) is 0 Å². The van der Waals surface area contributed by atoms with Gasteiger partial charge >= 0.3 is 0 Å². The lowest BCUT2D eigenvalue weighted by Gasteiger charge is -1.85. The summed E-state index contributed by atoms with van der Waals surface area (Å²) in [5, 5.41) is 7.14. The number of nitrogens with zero attached hydrogens (tertiary/aromatic N) is 3. The Bertz CT molecular complexity index is 336. The Kier molecular flexibility index (Phi) is 1.47. The summed E-state index contributed by atoms with van der Waals surface area (Å²) in [4.78, 5) is 4.14. The van der Waals surface area contributed by atoms with Gasteiger partial charge in [0.1, 0.15) is 10.7 Å². The van der Waals surface area contributed by atoms with Crippen molar-refractivity contribution >= 4 is 11.3 Å². The largest absolute Gasteiger partial charge is 0.275 e. The molecule has 0 saturated carbocycles. The third kappa shape index (κ3) is 1.17. The minimum Gasteiger partial charge on any atom is -0.275 e. The van der Waals surface area contributed by atoms with Crippen molar-refractivity contribution in [2.75, 3.05) is 0 Å². The van der Waals surface area contributed by atoms with Gasteiger partial charge in [0.25, 0.3) is 0 Å². The van der Waals surface area contributed by atoms with E-state index in [0.29, 0.717) is 0 Å². The second-order valence-electron chi connectivity index (χ2n) is 2.21. The van der Waals surface area contributed by atoms with Crippen LogP contribution in [0.15, 0.2) is 23.8 Å². The van der Waals surface area contributed by atoms with Gasteiger partial charge in [0.15, 0.2) is 0 Å². The summed E-state index contributed by atoms with van der Waals surface area (Å²) in [5.74, 6) is 0. The molecule has 0 aliphatic carbocycles. The van der Waals surface area contributed by atoms with Crippen LogP contribution in [0.3, 0.4) is 0 Å². The Morgan fingerprint density at radius 2 is 2.45 bits per heavy atom. The molecule has 0 bridgehead atoms. The third-order valence-electron chi connectivity index (χ3n) is 1.37. The lowest BCUT2D eigenvalue weighted by molar-refractivity contribution is 0.770. The van der Waals surface area contributed by atoms with E-state index in [1.54, 1.807) is 22.2 Å². The van der Waals surface area contributed by atoms with Crippen molar-refractivity contribution in [2.24, 2.45) is 7.05 Å². The topological polar surface area (TPSA) is 30.7 Å². The second kappa shape index (κ2) is 2.47. The van der Waals surface area contributed by atoms with Crippen LogP contribution in [0.25, 0.3) is 10.7 Å². The fraction of sp³-hybridized carbons (Fsp3) is 0.143. The zero-order valence-corrected chi connectivity index (χ0v) is 6.88. The number of rotatable bonds is 1. The standard InChI is InChI=1S/C7H7N3S/c1-10-4-2-6(9-10)7-8-3-5-11-7/h2-5H,1H3. The lowest BCUT2D eigenvalue weighted by atomic mass is 10.5. The highest BCUT2D eigenvalue weighted by Gasteiger charge is 2.01. The summed E-state index contributed by atoms with van der Waals surface area (Å²) in [6.45, 7) is 0. The molecule has 0 atom stereocenters. The molecule has 2 rings (SSSR count). The molecule has 2 aromatic heterocycles. The molecule has 0 amide bonds. The Morgan fingerprint density at radius 3 is 3.00 bits per heavy atom. The molecule has 0 aliphatic heterocycles. The average Bonchev–Trinajstić information content (AvgIpc) is 2.55. The first-order valence-electron chi connectivity index (χ1n) is 3.26. The molecular formula is C7H7N3S. The molecule has 56 valence electrons. The van der Waals surface area contributed by atoms with Gasteiger partial charge < -0.3 is 0 Å². The van der Waals surface area contributed by atoms with E-state index in [-0.39, 0.29) is 0 Å². The first kappa shape index (κ1) is 6.54. The van der Waals surface area contributed by atoms with Crippen molar-refractivity contribution in [2.45, 2.75) is 0 Å². The van der Waals surface area contributed by atoms with Crippen LogP contribution >= 0.6 is 11.3 Å². The lowest BCUT2D eigenvalue weighted by Crippen LogP contribution is -1.86. The molecule has 0 radical (unpaired) electrons. The van der Waals surface area contributed by atoms with Crippen LogP contribution < -0.4 is 0 Å². The smallest absolute Gasteiger partial charge is 0.143 e. The minimum atomic E-state index is 0.947. The Labute approximate surface area is 68.3 Å². The van der Waals surface area contributed by atoms with Gasteiger partial charge in [-0.05, 0) is 6.07 Å². The van der Waals surface area contributed by atoms with E-state index >= 15 is 0 Å². The van der Waals surface area contributed by atoms with Gasteiger partial charge in [-0.15, -0.1) is 11.3 Å². The molecule has 0 unspecified atom stereocenters. The van der Waals surface area contributed by atoms with Gasteiger partial charge in [-0.2, -0.15) is 5.10 Å². The van der Waals surface area contributed by atoms with E-state index in [9.17, 15) is 0 Å². The third-order valence-corrected chi connectivity index (χ3v) is 2.16. The van der Waals surface area contributed by atoms with Crippen LogP contribution in [0, 0.1) is 0 Å². The quantitative estimate of drug-likeness (QED) is 0.641. The average molecular weight is 165 g/mol. The highest BCUT2D eigenvalue weighted by Crippen LogP contribution is 2.18. The Balaban J connectivity index is 2.45. The predicted molar refractivity (Wildman–Crippen MR) is 44.3 cm³/mol. The van der Waals surface area contributed by atoms with Crippen LogP contribution in [0.5, 0.6) is 0 Å². The van der Waals surface area contributed by atoms with Gasteiger partial charge in [-0.25, -0.2) is 4.98 Å². The van der Waals surface area contributed by atoms with E-state index in [1.165, 1.54) is 0 Å². The van der Waals surface area contributed by atoms with E-state index < -0.39 is 0 Å². The Hall–Kier alpha value is -1.16. The highest BCUT2D eigenvalue weighted by molar-refractivity contribution is 7.13. The summed E-state index contributed by atoms with van der Waals surface area (Å²) < 4.78 is 1.77. The fourth-order valence-electron chi connectivity index (χ4n) is 0.879. The Morgan fingerprint density at radius 1 is 1.55 bits per heavy atom. The molecule has 11 heavy (non-hydrogen) atoms. The maximum atomic E-state index is 4.22. The van der Waals surface area contributed by atoms with E-state index in [4.69, 9.17) is 0 Å². The van der Waals surface area contributed by atoms with Crippen LogP contribution in [0.1, 0.15) is 0 Å². The monoisotopic (exact) mass is 165 g/mol. The minimum absolute atomic E-state index is 0.947. The van der Waals surface area contributed by atoms with Crippen LogP contribution in [-0.2, 0) is 7.05 Å². The van der Waals surface area contributed by atoms with Gasteiger partial charge in [0.05, 0.1) is 0 Å². The predicted octanol–water partition coefficient (Wildman–Crippen LogP) is 1.54. The van der Waals surface area contributed by atoms with Gasteiger partial charge in [-0.3, -0.25) is 4.68 Å². The first-order valence-corrected chi connectivity index (χ1v) is 4.14. The number of aryl methyl sites for hydroxylation is 1. The fourth-order valence-corrected chi connectivity index (χ4v) is 1.48. The maximum Gasteiger partial charge on any atom is 0.143 e. The van der Waals surface area contributed by atoms with Crippen molar-refractivity contribution in [3.8, 4) is 10.7 Å². The molecule has 0 saturated heterocycles. The van der Waals surface area contributed by atoms with Crippen molar-refractivity contribution in [1.29, 1.82) is 0 Å². The van der Waals surface area contributed by atoms with Crippen LogP contribution in [-0.4, -0.2) is 14.8 Å². The van der Waals surface area contributed by atoms with E-state index in [2.05, 4.69) is 10.1 Å². The number of aromatic nitrogens is 3. The summed E-state index contributed by atoms with van der Waals surface area (Å²) >= 11 is 1.60. The maximum absolute atomic E-state index is 4.22. The van der Waals surface area contributed by atoms with E-state index in [1.807, 2.05) is 24.7 Å². The normalized spacial score (nSPS) is 10.3. The molecule has 2 aromatic rings. The highest BCUT2D eigenvalue weighted by atomic mass is 32.1. The summed E-state index contributed by atoms with van der Waals surface area (Å²) in [7, 11) is 1.90. The number of hydrogen-bond donors (Lipinski definition) is 0. The molecule has 0 spiro atoms. The zero-order valence-electron chi connectivity index (χ0n) is 6.06. The van der Waals surface area contributed by atoms with Crippen molar-refractivity contribution < 1.29 is 0 Å². The summed E-state index contributed by atoms with van der Waals surface area (Å²) in [6, 6.07) is 1.96. The molecule has 2 heterocycles. The molecule has 0 fully saturated rings. The molecule has 0 N–H and O–H groups in total. The van der Waals surface area contributed by atoms with Gasteiger partial charge in [-0.1, -0.05) is 0 Å². The van der Waals surface area contributed by atoms with E-state index in [0.717, 1.165) is 10.7 Å². The molecule has 0 aromatic carbocycles. The van der Waals surface area contributed by atoms with Gasteiger partial charge in [0.2, 0.25) is 0 Å². The zero-order chi connectivity index (χ0) is 7.68. The summed E-state index contributed by atoms with van der Waals surface area (Å²) in [5.41, 5.74) is 0.947. The van der Waals surface area contributed by atoms with Crippen molar-refractivity contribution in [3.63, 3.8) is 0 Å². The van der Waals surface area contributed by atoms with Gasteiger partial charge in [0, 0.05) is 24.8 Å². The molecule has 3 nitrogen and oxygen atoms in total. The second-order valence-corrected chi connectivity index (χ2v) is 3.11. The van der Waals surface area contributed by atoms with Crippen LogP contribution in [0.4, 0.5) is 0 Å². The number of hydrogen-bond acceptors (Lipinski definition) is 3. The number of thiazole rings is 1. The SMILES string of the molecule is Cn1ccc(-c2nccs2)n1. The first-order chi connectivity index (χ1) is 5.36. The molecular weight excluding hydrogens is 158 g/mol. The molecule has 4 heteroatoms.